The summed E-state index contributed by atoms with van der Waals surface area (Å²) in [6.07, 6.45) is 0. The molecule has 0 radical (unpaired) electrons. The Kier molecular flexibility index (Phi) is 6.20. The van der Waals surface area contributed by atoms with Crippen LogP contribution in [0.1, 0.15) is 34.2 Å². The van der Waals surface area contributed by atoms with Gasteiger partial charge in [-0.25, -0.2) is 13.1 Å². The largest absolute Gasteiger partial charge is 0.502 e. The normalized spacial score (nSPS) is 22.1. The van der Waals surface area contributed by atoms with Gasteiger partial charge in [0.25, 0.3) is 5.16 Å². The number of methoxy groups -OCH3 is 2. The van der Waals surface area contributed by atoms with Crippen LogP contribution in [0.4, 0.5) is 0 Å². The van der Waals surface area contributed by atoms with Crippen molar-refractivity contribution in [2.45, 2.75) is 28.9 Å². The van der Waals surface area contributed by atoms with Crippen LogP contribution in [-0.4, -0.2) is 67.3 Å². The molecule has 0 spiro atoms. The highest BCUT2D eigenvalue weighted by Gasteiger charge is 2.54. The summed E-state index contributed by atoms with van der Waals surface area (Å²) in [4.78, 5) is 13.5. The van der Waals surface area contributed by atoms with Crippen molar-refractivity contribution < 1.29 is 42.0 Å². The van der Waals surface area contributed by atoms with E-state index in [1.54, 1.807) is 36.4 Å². The molecule has 3 heterocycles. The van der Waals surface area contributed by atoms with Crippen LogP contribution in [0.2, 0.25) is 0 Å². The molecule has 1 saturated heterocycles. The van der Waals surface area contributed by atoms with Crippen molar-refractivity contribution in [3.8, 4) is 28.7 Å². The van der Waals surface area contributed by atoms with Crippen LogP contribution in [0, 0.1) is 18.8 Å². The predicted molar refractivity (Wildman–Crippen MR) is 146 cm³/mol. The second-order valence-electron chi connectivity index (χ2n) is 10.6. The van der Waals surface area contributed by atoms with Crippen LogP contribution < -0.4 is 18.9 Å². The zero-order valence-corrected chi connectivity index (χ0v) is 24.1. The smallest absolute Gasteiger partial charge is 0.310 e. The van der Waals surface area contributed by atoms with Crippen molar-refractivity contribution >= 4 is 15.8 Å². The van der Waals surface area contributed by atoms with Gasteiger partial charge in [0.1, 0.15) is 0 Å². The van der Waals surface area contributed by atoms with Crippen LogP contribution in [0.3, 0.4) is 0 Å². The Morgan fingerprint density at radius 2 is 1.60 bits per heavy atom. The summed E-state index contributed by atoms with van der Waals surface area (Å²) in [6.45, 7) is 1.85. The van der Waals surface area contributed by atoms with Gasteiger partial charge in [-0.2, -0.15) is 0 Å². The van der Waals surface area contributed by atoms with E-state index in [4.69, 9.17) is 23.7 Å². The maximum Gasteiger partial charge on any atom is 0.310 e. The maximum atomic E-state index is 13.8. The second kappa shape index (κ2) is 9.87. The van der Waals surface area contributed by atoms with Gasteiger partial charge in [0.15, 0.2) is 23.0 Å². The third-order valence-electron chi connectivity index (χ3n) is 8.31. The molecular formula is C29H26N4O9S. The number of esters is 1. The first-order valence-corrected chi connectivity index (χ1v) is 14.9. The number of nitrogens with zero attached hydrogens (tertiary/aromatic N) is 4. The van der Waals surface area contributed by atoms with E-state index in [1.807, 2.05) is 6.92 Å². The van der Waals surface area contributed by atoms with Gasteiger partial charge >= 0.3 is 5.97 Å². The summed E-state index contributed by atoms with van der Waals surface area (Å²) in [5.74, 6) is -1.37. The number of aromatic hydroxyl groups is 1. The molecule has 222 valence electrons. The van der Waals surface area contributed by atoms with Crippen molar-refractivity contribution in [3.05, 3.63) is 70.8 Å². The number of phenols is 1. The first-order chi connectivity index (χ1) is 20.7. The summed E-state index contributed by atoms with van der Waals surface area (Å²) in [7, 11) is -1.32. The molecular weight excluding hydrogens is 580 g/mol. The summed E-state index contributed by atoms with van der Waals surface area (Å²) >= 11 is 0. The van der Waals surface area contributed by atoms with Crippen LogP contribution in [0.5, 0.6) is 28.7 Å². The molecule has 14 heteroatoms. The van der Waals surface area contributed by atoms with Crippen molar-refractivity contribution in [1.82, 2.24) is 20.2 Å². The number of phenolic OH excluding ortho intramolecular Hbond substituents is 1. The number of hydrogen-bond acceptors (Lipinski definition) is 12. The Balaban J connectivity index is 1.46. The summed E-state index contributed by atoms with van der Waals surface area (Å²) in [5, 5.41) is 22.1. The third-order valence-corrected chi connectivity index (χ3v) is 9.95. The molecule has 43 heavy (non-hydrogen) atoms. The standard InChI is InChI=1S/C29H26N4O9S/c1-14-4-6-16(7-5-14)43(36,37)29-30-31-32-33(29)26-18-11-21-20(41-13-42-21)10-17(18)24(25-19(26)12-40-28(25)35)15-8-22(38-2)27(34)23(9-15)39-3/h4-11,19,24-26,34H,12-13H2,1-3H3/t19-,24+,25-,26+/m0/s1. The number of tetrazole rings is 1. The highest BCUT2D eigenvalue weighted by molar-refractivity contribution is 7.91. The molecule has 4 aromatic rings. The molecule has 0 unspecified atom stereocenters. The number of aryl methyl sites for hydroxylation is 1. The van der Waals surface area contributed by atoms with Crippen molar-refractivity contribution in [2.24, 2.45) is 11.8 Å². The number of carbonyl (C=O) groups excluding carboxylic acids is 1. The molecule has 0 amide bonds. The number of carbonyl (C=O) groups is 1. The fraction of sp³-hybridized carbons (Fsp3) is 0.310. The number of ether oxygens (including phenoxy) is 5. The van der Waals surface area contributed by atoms with E-state index in [9.17, 15) is 18.3 Å². The minimum absolute atomic E-state index is 0.00124. The second-order valence-corrected chi connectivity index (χ2v) is 12.4. The number of benzene rings is 3. The minimum atomic E-state index is -4.15. The van der Waals surface area contributed by atoms with Crippen molar-refractivity contribution in [1.29, 1.82) is 0 Å². The SMILES string of the molecule is COc1cc([C@@H]2c3cc4c(cc3[C@@H](n3nnnc3S(=O)(=O)c3ccc(C)cc3)[C@H]3COC(=O)[C@H]23)OCO4)cc(OC)c1O. The number of aromatic nitrogens is 4. The number of sulfone groups is 1. The molecule has 4 atom stereocenters. The van der Waals surface area contributed by atoms with E-state index in [0.717, 1.165) is 5.56 Å². The quantitative estimate of drug-likeness (QED) is 0.320. The Bertz CT molecular complexity index is 1850. The predicted octanol–water partition coefficient (Wildman–Crippen LogP) is 2.79. The Morgan fingerprint density at radius 3 is 2.26 bits per heavy atom. The number of fused-ring (bicyclic) bond motifs is 3. The third kappa shape index (κ3) is 4.07. The Labute approximate surface area is 245 Å². The summed E-state index contributed by atoms with van der Waals surface area (Å²) in [6, 6.07) is 12.4. The van der Waals surface area contributed by atoms with Crippen LogP contribution in [0.25, 0.3) is 0 Å². The zero-order valence-electron chi connectivity index (χ0n) is 23.3. The molecule has 7 rings (SSSR count). The maximum absolute atomic E-state index is 13.8. The van der Waals surface area contributed by atoms with Crippen molar-refractivity contribution in [2.75, 3.05) is 27.6 Å². The van der Waals surface area contributed by atoms with Gasteiger partial charge in [-0.05, 0) is 70.4 Å². The van der Waals surface area contributed by atoms with Gasteiger partial charge in [-0.3, -0.25) is 4.79 Å². The van der Waals surface area contributed by atoms with E-state index in [2.05, 4.69) is 15.5 Å². The molecule has 3 aromatic carbocycles. The molecule has 0 bridgehead atoms. The topological polar surface area (TPSA) is 161 Å². The van der Waals surface area contributed by atoms with Crippen LogP contribution >= 0.6 is 0 Å². The van der Waals surface area contributed by atoms with Gasteiger partial charge in [0.2, 0.25) is 22.4 Å². The zero-order chi connectivity index (χ0) is 30.0. The lowest BCUT2D eigenvalue weighted by Crippen LogP contribution is -2.38. The van der Waals surface area contributed by atoms with Gasteiger partial charge < -0.3 is 28.8 Å². The minimum Gasteiger partial charge on any atom is -0.502 e. The molecule has 1 aromatic heterocycles. The molecule has 1 aliphatic carbocycles. The van der Waals surface area contributed by atoms with E-state index in [1.165, 1.54) is 31.0 Å². The number of cyclic esters (lactones) is 1. The first-order valence-electron chi connectivity index (χ1n) is 13.4. The van der Waals surface area contributed by atoms with Gasteiger partial charge in [-0.1, -0.05) is 22.8 Å². The van der Waals surface area contributed by atoms with E-state index < -0.39 is 39.6 Å². The highest BCUT2D eigenvalue weighted by Crippen LogP contribution is 2.56. The average molecular weight is 607 g/mol. The molecule has 3 aliphatic rings. The highest BCUT2D eigenvalue weighted by atomic mass is 32.2. The fourth-order valence-corrected chi connectivity index (χ4v) is 7.55. The van der Waals surface area contributed by atoms with Gasteiger partial charge in [0.05, 0.1) is 37.7 Å². The van der Waals surface area contributed by atoms with Gasteiger partial charge in [0, 0.05) is 11.8 Å². The summed E-state index contributed by atoms with van der Waals surface area (Å²) in [5.41, 5.74) is 2.79. The Hall–Kier alpha value is -4.85. The lowest BCUT2D eigenvalue weighted by molar-refractivity contribution is -0.141. The first kappa shape index (κ1) is 27.0. The van der Waals surface area contributed by atoms with E-state index in [0.29, 0.717) is 28.2 Å². The molecule has 13 nitrogen and oxygen atoms in total. The van der Waals surface area contributed by atoms with Crippen molar-refractivity contribution in [3.63, 3.8) is 0 Å². The number of hydrogen-bond donors (Lipinski definition) is 1. The summed E-state index contributed by atoms with van der Waals surface area (Å²) < 4.78 is 56.8. The molecule has 1 fully saturated rings. The van der Waals surface area contributed by atoms with Gasteiger partial charge in [-0.15, -0.1) is 0 Å². The lowest BCUT2D eigenvalue weighted by atomic mass is 9.65. The monoisotopic (exact) mass is 606 g/mol. The van der Waals surface area contributed by atoms with E-state index >= 15 is 0 Å². The molecule has 0 saturated carbocycles. The molecule has 1 N–H and O–H groups in total. The van der Waals surface area contributed by atoms with Crippen LogP contribution in [0.15, 0.2) is 58.6 Å². The lowest BCUT2D eigenvalue weighted by Gasteiger charge is -2.39. The number of rotatable bonds is 6. The average Bonchev–Trinajstić information content (AvgIpc) is 3.76. The fourth-order valence-electron chi connectivity index (χ4n) is 6.30. The van der Waals surface area contributed by atoms with E-state index in [-0.39, 0.29) is 40.7 Å². The van der Waals surface area contributed by atoms with Crippen LogP contribution in [-0.2, 0) is 19.4 Å². The Morgan fingerprint density at radius 1 is 0.953 bits per heavy atom. The molecule has 2 aliphatic heterocycles.